The zero-order chi connectivity index (χ0) is 15.4. The van der Waals surface area contributed by atoms with E-state index in [0.29, 0.717) is 22.9 Å². The summed E-state index contributed by atoms with van der Waals surface area (Å²) in [5.41, 5.74) is 2.49. The third-order valence-corrected chi connectivity index (χ3v) is 3.52. The summed E-state index contributed by atoms with van der Waals surface area (Å²) < 4.78 is 0. The lowest BCUT2D eigenvalue weighted by Gasteiger charge is -2.21. The summed E-state index contributed by atoms with van der Waals surface area (Å²) in [7, 11) is 1.74. The normalized spacial score (nSPS) is 10.3. The zero-order valence-corrected chi connectivity index (χ0v) is 13.1. The number of hydrogen-bond acceptors (Lipinski definition) is 3. The Morgan fingerprint density at radius 3 is 2.52 bits per heavy atom. The van der Waals surface area contributed by atoms with Gasteiger partial charge in [0.05, 0.1) is 10.6 Å². The average molecular weight is 304 g/mol. The number of anilines is 2. The lowest BCUT2D eigenvalue weighted by molar-refractivity contribution is 0.0988. The lowest BCUT2D eigenvalue weighted by atomic mass is 10.2. The average Bonchev–Trinajstić information content (AvgIpc) is 2.49. The van der Waals surface area contributed by atoms with E-state index in [-0.39, 0.29) is 5.91 Å². The predicted molar refractivity (Wildman–Crippen MR) is 87.3 cm³/mol. The van der Waals surface area contributed by atoms with Crippen LogP contribution >= 0.6 is 11.6 Å². The molecule has 1 N–H and O–H groups in total. The second kappa shape index (κ2) is 6.59. The van der Waals surface area contributed by atoms with Crippen molar-refractivity contribution in [2.45, 2.75) is 13.8 Å². The van der Waals surface area contributed by atoms with Gasteiger partial charge in [0, 0.05) is 25.5 Å². The van der Waals surface area contributed by atoms with Crippen molar-refractivity contribution >= 4 is 29.0 Å². The molecular weight excluding hydrogens is 286 g/mol. The van der Waals surface area contributed by atoms with Gasteiger partial charge in [-0.2, -0.15) is 0 Å². The summed E-state index contributed by atoms with van der Waals surface area (Å²) in [5.74, 6) is 0.449. The molecule has 0 saturated heterocycles. The van der Waals surface area contributed by atoms with Gasteiger partial charge in [0.15, 0.2) is 0 Å². The third kappa shape index (κ3) is 3.34. The van der Waals surface area contributed by atoms with Crippen LogP contribution in [-0.4, -0.2) is 24.5 Å². The van der Waals surface area contributed by atoms with E-state index in [2.05, 4.69) is 10.3 Å². The van der Waals surface area contributed by atoms with Gasteiger partial charge in [0.1, 0.15) is 5.82 Å². The highest BCUT2D eigenvalue weighted by molar-refractivity contribution is 6.33. The summed E-state index contributed by atoms with van der Waals surface area (Å²) >= 11 is 6.09. The smallest absolute Gasteiger partial charge is 0.259 e. The Morgan fingerprint density at radius 1 is 1.33 bits per heavy atom. The Hall–Kier alpha value is -2.07. The Bertz CT molecular complexity index is 640. The molecule has 110 valence electrons. The van der Waals surface area contributed by atoms with Crippen LogP contribution in [0.15, 0.2) is 36.5 Å². The fourth-order valence-corrected chi connectivity index (χ4v) is 2.32. The summed E-state index contributed by atoms with van der Waals surface area (Å²) in [6, 6.07) is 9.49. The van der Waals surface area contributed by atoms with Crippen LogP contribution in [0.25, 0.3) is 0 Å². The van der Waals surface area contributed by atoms with Crippen LogP contribution < -0.4 is 10.2 Å². The number of aryl methyl sites for hydroxylation is 1. The number of nitrogens with zero attached hydrogens (tertiary/aromatic N) is 2. The number of pyridine rings is 1. The van der Waals surface area contributed by atoms with Crippen LogP contribution in [0.3, 0.4) is 0 Å². The number of hydrogen-bond donors (Lipinski definition) is 1. The minimum absolute atomic E-state index is 0.113. The van der Waals surface area contributed by atoms with Gasteiger partial charge in [-0.3, -0.25) is 4.79 Å². The van der Waals surface area contributed by atoms with E-state index in [9.17, 15) is 4.79 Å². The van der Waals surface area contributed by atoms with Gasteiger partial charge in [0.25, 0.3) is 5.91 Å². The van der Waals surface area contributed by atoms with Crippen molar-refractivity contribution in [3.05, 3.63) is 52.7 Å². The molecule has 0 bridgehead atoms. The van der Waals surface area contributed by atoms with Crippen molar-refractivity contribution in [1.29, 1.82) is 0 Å². The van der Waals surface area contributed by atoms with E-state index >= 15 is 0 Å². The minimum Gasteiger partial charge on any atom is -0.372 e. The molecule has 1 heterocycles. The van der Waals surface area contributed by atoms with Crippen molar-refractivity contribution < 1.29 is 4.79 Å². The van der Waals surface area contributed by atoms with Gasteiger partial charge in [-0.15, -0.1) is 0 Å². The van der Waals surface area contributed by atoms with Crippen molar-refractivity contribution in [2.24, 2.45) is 0 Å². The number of aromatic nitrogens is 1. The highest BCUT2D eigenvalue weighted by Gasteiger charge is 2.17. The predicted octanol–water partition coefficient (Wildman–Crippen LogP) is 3.75. The maximum atomic E-state index is 12.6. The van der Waals surface area contributed by atoms with Gasteiger partial charge in [-0.25, -0.2) is 4.98 Å². The van der Waals surface area contributed by atoms with E-state index in [1.165, 1.54) is 6.20 Å². The van der Waals surface area contributed by atoms with E-state index in [0.717, 1.165) is 11.3 Å². The SMILES string of the molecule is CCN(C(=O)c1cnc(NC)c(Cl)c1)c1ccc(C)cc1. The zero-order valence-electron chi connectivity index (χ0n) is 12.4. The number of benzene rings is 1. The Balaban J connectivity index is 2.32. The fraction of sp³-hybridized carbons (Fsp3) is 0.250. The fourth-order valence-electron chi connectivity index (χ4n) is 2.06. The van der Waals surface area contributed by atoms with Crippen LogP contribution in [0.1, 0.15) is 22.8 Å². The number of carbonyl (C=O) groups is 1. The van der Waals surface area contributed by atoms with Crippen molar-refractivity contribution in [3.8, 4) is 0 Å². The third-order valence-electron chi connectivity index (χ3n) is 3.23. The van der Waals surface area contributed by atoms with E-state index in [4.69, 9.17) is 11.6 Å². The monoisotopic (exact) mass is 303 g/mol. The molecule has 4 nitrogen and oxygen atoms in total. The van der Waals surface area contributed by atoms with Crippen molar-refractivity contribution in [2.75, 3.05) is 23.8 Å². The molecule has 0 spiro atoms. The second-order valence-corrected chi connectivity index (χ2v) is 5.10. The first kappa shape index (κ1) is 15.3. The first-order valence-corrected chi connectivity index (χ1v) is 7.16. The molecule has 0 saturated carbocycles. The maximum absolute atomic E-state index is 12.6. The van der Waals surface area contributed by atoms with Crippen LogP contribution in [0.4, 0.5) is 11.5 Å². The van der Waals surface area contributed by atoms with Gasteiger partial charge in [0.2, 0.25) is 0 Å². The molecule has 0 atom stereocenters. The van der Waals surface area contributed by atoms with Gasteiger partial charge >= 0.3 is 0 Å². The molecule has 0 unspecified atom stereocenters. The molecule has 5 heteroatoms. The Labute approximate surface area is 129 Å². The first-order chi connectivity index (χ1) is 10.1. The van der Waals surface area contributed by atoms with Gasteiger partial charge in [-0.05, 0) is 32.0 Å². The molecule has 1 aromatic carbocycles. The number of amides is 1. The van der Waals surface area contributed by atoms with Crippen molar-refractivity contribution in [1.82, 2.24) is 4.98 Å². The van der Waals surface area contributed by atoms with E-state index in [1.807, 2.05) is 38.1 Å². The molecule has 0 aliphatic carbocycles. The minimum atomic E-state index is -0.113. The molecule has 0 aliphatic heterocycles. The largest absolute Gasteiger partial charge is 0.372 e. The van der Waals surface area contributed by atoms with Crippen LogP contribution in [0, 0.1) is 6.92 Å². The summed E-state index contributed by atoms with van der Waals surface area (Å²) in [5, 5.41) is 3.31. The standard InChI is InChI=1S/C16H18ClN3O/c1-4-20(13-7-5-11(2)6-8-13)16(21)12-9-14(17)15(18-3)19-10-12/h5-10H,4H2,1-3H3,(H,18,19). The van der Waals surface area contributed by atoms with Crippen LogP contribution in [-0.2, 0) is 0 Å². The number of rotatable bonds is 4. The maximum Gasteiger partial charge on any atom is 0.259 e. The summed E-state index contributed by atoms with van der Waals surface area (Å²) in [6.07, 6.45) is 1.54. The number of halogens is 1. The highest BCUT2D eigenvalue weighted by Crippen LogP contribution is 2.22. The molecule has 0 radical (unpaired) electrons. The Kier molecular flexibility index (Phi) is 4.81. The number of nitrogens with one attached hydrogen (secondary N) is 1. The first-order valence-electron chi connectivity index (χ1n) is 6.78. The van der Waals surface area contributed by atoms with Crippen LogP contribution in [0.5, 0.6) is 0 Å². The molecule has 0 aliphatic rings. The van der Waals surface area contributed by atoms with Gasteiger partial charge < -0.3 is 10.2 Å². The lowest BCUT2D eigenvalue weighted by Crippen LogP contribution is -2.30. The molecular formula is C16H18ClN3O. The second-order valence-electron chi connectivity index (χ2n) is 4.69. The molecule has 2 rings (SSSR count). The van der Waals surface area contributed by atoms with E-state index < -0.39 is 0 Å². The molecule has 2 aromatic rings. The summed E-state index contributed by atoms with van der Waals surface area (Å²) in [4.78, 5) is 18.5. The molecule has 21 heavy (non-hydrogen) atoms. The topological polar surface area (TPSA) is 45.2 Å². The van der Waals surface area contributed by atoms with Crippen LogP contribution in [0.2, 0.25) is 5.02 Å². The Morgan fingerprint density at radius 2 is 2.00 bits per heavy atom. The summed E-state index contributed by atoms with van der Waals surface area (Å²) in [6.45, 7) is 4.53. The number of carbonyl (C=O) groups excluding carboxylic acids is 1. The highest BCUT2D eigenvalue weighted by atomic mass is 35.5. The molecule has 0 fully saturated rings. The van der Waals surface area contributed by atoms with Gasteiger partial charge in [-0.1, -0.05) is 29.3 Å². The van der Waals surface area contributed by atoms with E-state index in [1.54, 1.807) is 18.0 Å². The van der Waals surface area contributed by atoms with Crippen molar-refractivity contribution in [3.63, 3.8) is 0 Å². The molecule has 1 amide bonds. The quantitative estimate of drug-likeness (QED) is 0.935. The molecule has 1 aromatic heterocycles.